The normalized spacial score (nSPS) is 21.3. The zero-order chi connectivity index (χ0) is 11.7. The smallest absolute Gasteiger partial charge is 0.0865 e. The molecule has 0 aliphatic heterocycles. The summed E-state index contributed by atoms with van der Waals surface area (Å²) in [4.78, 5) is 0. The summed E-state index contributed by atoms with van der Waals surface area (Å²) in [6.07, 6.45) is 12.7. The molecule has 2 rings (SSSR count). The van der Waals surface area contributed by atoms with E-state index in [4.69, 9.17) is 5.11 Å². The van der Waals surface area contributed by atoms with Crippen molar-refractivity contribution in [3.05, 3.63) is 36.7 Å². The molecule has 0 saturated carbocycles. The monoisotopic (exact) mass is 241 g/mol. The van der Waals surface area contributed by atoms with Gasteiger partial charge in [-0.3, -0.25) is 5.10 Å². The molecule has 1 aromatic rings. The van der Waals surface area contributed by atoms with Gasteiger partial charge in [-0.2, -0.15) is 0 Å². The van der Waals surface area contributed by atoms with Crippen LogP contribution in [-0.2, 0) is 0 Å². The number of nitrogens with one attached hydrogen (secondary N) is 1. The Morgan fingerprint density at radius 1 is 1.35 bits per heavy atom. The third kappa shape index (κ3) is 6.62. The molecule has 5 N–H and O–H groups in total. The van der Waals surface area contributed by atoms with E-state index in [9.17, 15) is 5.11 Å². The quantitative estimate of drug-likeness (QED) is 0.690. The maximum Gasteiger partial charge on any atom is 0.0865 e. The van der Waals surface area contributed by atoms with Crippen molar-refractivity contribution in [1.29, 1.82) is 0 Å². The molecule has 0 bridgehead atoms. The Labute approximate surface area is 100.0 Å². The minimum atomic E-state index is -0.697. The summed E-state index contributed by atoms with van der Waals surface area (Å²) >= 11 is 0. The van der Waals surface area contributed by atoms with Gasteiger partial charge in [0.15, 0.2) is 0 Å². The van der Waals surface area contributed by atoms with Crippen LogP contribution >= 0.6 is 0 Å². The molecule has 1 heterocycles. The summed E-state index contributed by atoms with van der Waals surface area (Å²) < 4.78 is 0. The van der Waals surface area contributed by atoms with Crippen LogP contribution in [0.2, 0.25) is 0 Å². The number of aliphatic hydroxyl groups is 2. The van der Waals surface area contributed by atoms with Crippen LogP contribution in [0.3, 0.4) is 0 Å². The Morgan fingerprint density at radius 2 is 2.18 bits per heavy atom. The van der Waals surface area contributed by atoms with Crippen molar-refractivity contribution in [3.8, 4) is 0 Å². The molecule has 17 heavy (non-hydrogen) atoms. The van der Waals surface area contributed by atoms with Gasteiger partial charge in [0, 0.05) is 12.8 Å². The number of allylic oxidation sites excluding steroid dienone is 2. The second kappa shape index (κ2) is 8.63. The predicted octanol–water partition coefficient (Wildman–Crippen LogP) is -0.0139. The minimum Gasteiger partial charge on any atom is -0.412 e. The molecular weight excluding hydrogens is 222 g/mol. The van der Waals surface area contributed by atoms with E-state index < -0.39 is 5.60 Å². The summed E-state index contributed by atoms with van der Waals surface area (Å²) in [5.74, 6) is 0. The van der Waals surface area contributed by atoms with Crippen LogP contribution < -0.4 is 0 Å². The molecule has 0 spiro atoms. The zero-order valence-corrected chi connectivity index (χ0v) is 9.58. The van der Waals surface area contributed by atoms with E-state index in [-0.39, 0.29) is 12.1 Å². The number of aromatic nitrogens is 3. The van der Waals surface area contributed by atoms with Gasteiger partial charge >= 0.3 is 0 Å². The largest absolute Gasteiger partial charge is 0.412 e. The van der Waals surface area contributed by atoms with Gasteiger partial charge in [-0.1, -0.05) is 29.5 Å². The Hall–Kier alpha value is -1.50. The molecular formula is C11H19N3O3. The first kappa shape index (κ1) is 15.5. The zero-order valence-electron chi connectivity index (χ0n) is 9.58. The van der Waals surface area contributed by atoms with E-state index in [0.29, 0.717) is 19.3 Å². The van der Waals surface area contributed by atoms with Crippen molar-refractivity contribution in [2.75, 3.05) is 6.61 Å². The highest BCUT2D eigenvalue weighted by Gasteiger charge is 2.21. The molecule has 0 aromatic carbocycles. The molecule has 6 heteroatoms. The lowest BCUT2D eigenvalue weighted by molar-refractivity contribution is 0.0747. The fourth-order valence-corrected chi connectivity index (χ4v) is 1.39. The molecule has 1 aliphatic carbocycles. The Kier molecular flexibility index (Phi) is 7.87. The lowest BCUT2D eigenvalue weighted by Gasteiger charge is -2.24. The van der Waals surface area contributed by atoms with Gasteiger partial charge in [0.1, 0.15) is 0 Å². The van der Waals surface area contributed by atoms with Gasteiger partial charge in [-0.05, 0) is 19.3 Å². The Balaban J connectivity index is 0.000000360. The van der Waals surface area contributed by atoms with Gasteiger partial charge in [0.25, 0.3) is 0 Å². The summed E-state index contributed by atoms with van der Waals surface area (Å²) in [6.45, 7) is 0.153. The Bertz CT molecular complexity index is 307. The van der Waals surface area contributed by atoms with Crippen molar-refractivity contribution in [3.63, 3.8) is 0 Å². The van der Waals surface area contributed by atoms with Crippen molar-refractivity contribution < 1.29 is 15.7 Å². The van der Waals surface area contributed by atoms with E-state index >= 15 is 0 Å². The molecule has 1 aromatic heterocycles. The predicted molar refractivity (Wildman–Crippen MR) is 64.2 cm³/mol. The number of aromatic amines is 1. The molecule has 0 saturated heterocycles. The van der Waals surface area contributed by atoms with Crippen LogP contribution in [-0.4, -0.2) is 43.3 Å². The summed E-state index contributed by atoms with van der Waals surface area (Å²) in [5, 5.41) is 27.6. The minimum absolute atomic E-state index is 0. The molecule has 0 amide bonds. The standard InChI is InChI=1S/C9H14O2.C2H3N3.H2O/c10-8-4-7-9(11)5-2-1-3-6-9;1-2-4-5-3-1;/h1-3,5,10-11H,4,6-8H2;1-2H,(H,3,4,5);1H2. The SMILES string of the molecule is O.OCCCC1(O)C=CC=CC1.c1c[nH]nn1. The van der Waals surface area contributed by atoms with Gasteiger partial charge in [-0.15, -0.1) is 5.10 Å². The molecule has 0 radical (unpaired) electrons. The van der Waals surface area contributed by atoms with Crippen LogP contribution in [0.15, 0.2) is 36.7 Å². The molecule has 96 valence electrons. The Morgan fingerprint density at radius 3 is 2.59 bits per heavy atom. The van der Waals surface area contributed by atoms with E-state index in [2.05, 4.69) is 15.4 Å². The molecule has 6 nitrogen and oxygen atoms in total. The molecule has 1 aliphatic rings. The average Bonchev–Trinajstić information content (AvgIpc) is 2.86. The van der Waals surface area contributed by atoms with Crippen LogP contribution in [0.4, 0.5) is 0 Å². The first-order chi connectivity index (χ1) is 7.77. The lowest BCUT2D eigenvalue weighted by atomic mass is 9.91. The van der Waals surface area contributed by atoms with Gasteiger partial charge in [0.05, 0.1) is 11.8 Å². The second-order valence-electron chi connectivity index (χ2n) is 3.58. The highest BCUT2D eigenvalue weighted by molar-refractivity contribution is 5.17. The number of H-pyrrole nitrogens is 1. The number of rotatable bonds is 3. The number of nitrogens with zero attached hydrogens (tertiary/aromatic N) is 2. The fraction of sp³-hybridized carbons (Fsp3) is 0.455. The van der Waals surface area contributed by atoms with Crippen molar-refractivity contribution >= 4 is 0 Å². The maximum absolute atomic E-state index is 9.75. The van der Waals surface area contributed by atoms with Gasteiger partial charge in [-0.25, -0.2) is 0 Å². The van der Waals surface area contributed by atoms with Crippen LogP contribution in [0.1, 0.15) is 19.3 Å². The fourth-order valence-electron chi connectivity index (χ4n) is 1.39. The maximum atomic E-state index is 9.75. The molecule has 1 atom stereocenters. The first-order valence-electron chi connectivity index (χ1n) is 5.25. The third-order valence-electron chi connectivity index (χ3n) is 2.22. The van der Waals surface area contributed by atoms with E-state index in [0.717, 1.165) is 0 Å². The van der Waals surface area contributed by atoms with Crippen LogP contribution in [0.5, 0.6) is 0 Å². The summed E-state index contributed by atoms with van der Waals surface area (Å²) in [6, 6.07) is 0. The van der Waals surface area contributed by atoms with Gasteiger partial charge < -0.3 is 15.7 Å². The third-order valence-corrected chi connectivity index (χ3v) is 2.22. The molecule has 0 fully saturated rings. The number of aliphatic hydroxyl groups excluding tert-OH is 1. The van der Waals surface area contributed by atoms with Crippen molar-refractivity contribution in [2.24, 2.45) is 0 Å². The highest BCUT2D eigenvalue weighted by Crippen LogP contribution is 2.22. The summed E-state index contributed by atoms with van der Waals surface area (Å²) in [7, 11) is 0. The highest BCUT2D eigenvalue weighted by atomic mass is 16.3. The second-order valence-corrected chi connectivity index (χ2v) is 3.58. The number of hydrogen-bond donors (Lipinski definition) is 3. The van der Waals surface area contributed by atoms with E-state index in [1.807, 2.05) is 18.2 Å². The lowest BCUT2D eigenvalue weighted by Crippen LogP contribution is -2.26. The van der Waals surface area contributed by atoms with Gasteiger partial charge in [0.2, 0.25) is 0 Å². The number of hydrogen-bond acceptors (Lipinski definition) is 4. The topological polar surface area (TPSA) is 114 Å². The molecule has 1 unspecified atom stereocenters. The van der Waals surface area contributed by atoms with E-state index in [1.54, 1.807) is 18.5 Å². The first-order valence-corrected chi connectivity index (χ1v) is 5.25. The van der Waals surface area contributed by atoms with Crippen molar-refractivity contribution in [2.45, 2.75) is 24.9 Å². The van der Waals surface area contributed by atoms with Crippen LogP contribution in [0.25, 0.3) is 0 Å². The average molecular weight is 241 g/mol. The summed E-state index contributed by atoms with van der Waals surface area (Å²) in [5.41, 5.74) is -0.697. The van der Waals surface area contributed by atoms with E-state index in [1.165, 1.54) is 0 Å². The van der Waals surface area contributed by atoms with Crippen molar-refractivity contribution in [1.82, 2.24) is 15.4 Å². The van der Waals surface area contributed by atoms with Crippen LogP contribution in [0, 0.1) is 0 Å².